The number of hydrogen-bond acceptors (Lipinski definition) is 2. The molecule has 1 unspecified atom stereocenters. The van der Waals surface area contributed by atoms with E-state index >= 15 is 0 Å². The van der Waals surface area contributed by atoms with Crippen LogP contribution in [0.1, 0.15) is 17.5 Å². The molecule has 2 nitrogen and oxygen atoms in total. The minimum absolute atomic E-state index is 0.611. The zero-order chi connectivity index (χ0) is 9.97. The van der Waals surface area contributed by atoms with E-state index in [0.29, 0.717) is 6.04 Å². The summed E-state index contributed by atoms with van der Waals surface area (Å²) in [4.78, 5) is 0. The Morgan fingerprint density at radius 3 is 2.64 bits per heavy atom. The van der Waals surface area contributed by atoms with Crippen molar-refractivity contribution < 1.29 is 0 Å². The van der Waals surface area contributed by atoms with Crippen molar-refractivity contribution in [1.82, 2.24) is 10.4 Å². The highest BCUT2D eigenvalue weighted by Crippen LogP contribution is 2.20. The number of benzene rings is 1. The van der Waals surface area contributed by atoms with Crippen LogP contribution in [-0.4, -0.2) is 25.1 Å². The van der Waals surface area contributed by atoms with Gasteiger partial charge < -0.3 is 0 Å². The maximum atomic E-state index is 3.46. The van der Waals surface area contributed by atoms with Crippen LogP contribution in [0.5, 0.6) is 0 Å². The SMILES string of the molecule is CN(C)NC1CCc2ccccc2C1. The quantitative estimate of drug-likeness (QED) is 0.713. The predicted octanol–water partition coefficient (Wildman–Crippen LogP) is 1.61. The molecule has 0 aromatic heterocycles. The average Bonchev–Trinajstić information content (AvgIpc) is 2.17. The Morgan fingerprint density at radius 2 is 1.93 bits per heavy atom. The van der Waals surface area contributed by atoms with Gasteiger partial charge in [0.05, 0.1) is 0 Å². The molecule has 0 heterocycles. The van der Waals surface area contributed by atoms with Crippen LogP contribution in [0.15, 0.2) is 24.3 Å². The van der Waals surface area contributed by atoms with E-state index in [9.17, 15) is 0 Å². The average molecular weight is 190 g/mol. The molecular formula is C12H18N2. The van der Waals surface area contributed by atoms with Crippen LogP contribution in [0.25, 0.3) is 0 Å². The molecule has 1 atom stereocenters. The summed E-state index contributed by atoms with van der Waals surface area (Å²) in [5.74, 6) is 0. The lowest BCUT2D eigenvalue weighted by atomic mass is 9.89. The molecule has 0 fully saturated rings. The number of hydrogen-bond donors (Lipinski definition) is 1. The normalized spacial score (nSPS) is 20.9. The number of hydrazine groups is 1. The van der Waals surface area contributed by atoms with E-state index in [1.165, 1.54) is 24.0 Å². The van der Waals surface area contributed by atoms with Gasteiger partial charge in [-0.1, -0.05) is 24.3 Å². The van der Waals surface area contributed by atoms with Crippen molar-refractivity contribution in [1.29, 1.82) is 0 Å². The maximum absolute atomic E-state index is 3.46. The van der Waals surface area contributed by atoms with Crippen molar-refractivity contribution >= 4 is 0 Å². The van der Waals surface area contributed by atoms with Crippen molar-refractivity contribution in [2.75, 3.05) is 14.1 Å². The molecule has 0 saturated carbocycles. The molecule has 1 aliphatic rings. The van der Waals surface area contributed by atoms with Gasteiger partial charge in [0, 0.05) is 20.1 Å². The third kappa shape index (κ3) is 2.14. The molecule has 14 heavy (non-hydrogen) atoms. The maximum Gasteiger partial charge on any atom is 0.0258 e. The van der Waals surface area contributed by atoms with Crippen LogP contribution in [0, 0.1) is 0 Å². The largest absolute Gasteiger partial charge is 0.252 e. The number of nitrogens with zero attached hydrogens (tertiary/aromatic N) is 1. The van der Waals surface area contributed by atoms with Gasteiger partial charge in [-0.25, -0.2) is 0 Å². The number of nitrogens with one attached hydrogen (secondary N) is 1. The van der Waals surface area contributed by atoms with Crippen LogP contribution >= 0.6 is 0 Å². The van der Waals surface area contributed by atoms with Crippen molar-refractivity contribution in [3.05, 3.63) is 35.4 Å². The van der Waals surface area contributed by atoms with Crippen molar-refractivity contribution in [3.8, 4) is 0 Å². The lowest BCUT2D eigenvalue weighted by Crippen LogP contribution is -2.42. The smallest absolute Gasteiger partial charge is 0.0258 e. The first-order valence-corrected chi connectivity index (χ1v) is 5.26. The van der Waals surface area contributed by atoms with E-state index in [1.54, 1.807) is 0 Å². The molecule has 0 radical (unpaired) electrons. The summed E-state index contributed by atoms with van der Waals surface area (Å²) in [6.07, 6.45) is 3.62. The first-order chi connectivity index (χ1) is 6.75. The second-order valence-electron chi connectivity index (χ2n) is 4.23. The van der Waals surface area contributed by atoms with Gasteiger partial charge in [-0.3, -0.25) is 10.4 Å². The zero-order valence-corrected chi connectivity index (χ0v) is 8.96. The number of fused-ring (bicyclic) bond motifs is 1. The topological polar surface area (TPSA) is 15.3 Å². The van der Waals surface area contributed by atoms with E-state index in [4.69, 9.17) is 0 Å². The van der Waals surface area contributed by atoms with E-state index in [0.717, 1.165) is 6.42 Å². The zero-order valence-electron chi connectivity index (χ0n) is 8.96. The van der Waals surface area contributed by atoms with E-state index in [1.807, 2.05) is 0 Å². The highest BCUT2D eigenvalue weighted by Gasteiger charge is 2.17. The molecular weight excluding hydrogens is 172 g/mol. The fourth-order valence-electron chi connectivity index (χ4n) is 2.17. The highest BCUT2D eigenvalue weighted by atomic mass is 15.5. The lowest BCUT2D eigenvalue weighted by Gasteiger charge is -2.28. The lowest BCUT2D eigenvalue weighted by molar-refractivity contribution is 0.228. The minimum atomic E-state index is 0.611. The van der Waals surface area contributed by atoms with Crippen molar-refractivity contribution in [2.24, 2.45) is 0 Å². The summed E-state index contributed by atoms with van der Waals surface area (Å²) in [7, 11) is 4.11. The van der Waals surface area contributed by atoms with Gasteiger partial charge in [0.2, 0.25) is 0 Å². The summed E-state index contributed by atoms with van der Waals surface area (Å²) in [5.41, 5.74) is 6.50. The molecule has 76 valence electrons. The fraction of sp³-hybridized carbons (Fsp3) is 0.500. The van der Waals surface area contributed by atoms with Gasteiger partial charge in [0.25, 0.3) is 0 Å². The van der Waals surface area contributed by atoms with Crippen molar-refractivity contribution in [3.63, 3.8) is 0 Å². The first-order valence-electron chi connectivity index (χ1n) is 5.26. The van der Waals surface area contributed by atoms with Gasteiger partial charge in [-0.15, -0.1) is 0 Å². The molecule has 0 amide bonds. The summed E-state index contributed by atoms with van der Waals surface area (Å²) >= 11 is 0. The van der Waals surface area contributed by atoms with Crippen molar-refractivity contribution in [2.45, 2.75) is 25.3 Å². The Balaban J connectivity index is 2.06. The summed E-state index contributed by atoms with van der Waals surface area (Å²) < 4.78 is 0. The van der Waals surface area contributed by atoms with Gasteiger partial charge in [0.15, 0.2) is 0 Å². The van der Waals surface area contributed by atoms with Crippen LogP contribution in [0.4, 0.5) is 0 Å². The molecule has 1 aromatic carbocycles. The van der Waals surface area contributed by atoms with Gasteiger partial charge in [-0.2, -0.15) is 0 Å². The Labute approximate surface area is 85.9 Å². The molecule has 0 bridgehead atoms. The fourth-order valence-corrected chi connectivity index (χ4v) is 2.17. The standard InChI is InChI=1S/C12H18N2/c1-14(2)13-12-8-7-10-5-3-4-6-11(10)9-12/h3-6,12-13H,7-9H2,1-2H3. The molecule has 2 heteroatoms. The molecule has 0 saturated heterocycles. The molecule has 1 N–H and O–H groups in total. The Hall–Kier alpha value is -0.860. The second kappa shape index (κ2) is 4.11. The summed E-state index contributed by atoms with van der Waals surface area (Å²) in [5, 5.41) is 2.05. The molecule has 0 aliphatic heterocycles. The number of rotatable bonds is 2. The van der Waals surface area contributed by atoms with Gasteiger partial charge in [0.1, 0.15) is 0 Å². The predicted molar refractivity (Wildman–Crippen MR) is 59.1 cm³/mol. The summed E-state index contributed by atoms with van der Waals surface area (Å²) in [6, 6.07) is 9.38. The van der Waals surface area contributed by atoms with E-state index in [2.05, 4.69) is 48.8 Å². The second-order valence-corrected chi connectivity index (χ2v) is 4.23. The van der Waals surface area contributed by atoms with Crippen LogP contribution < -0.4 is 5.43 Å². The van der Waals surface area contributed by atoms with E-state index in [-0.39, 0.29) is 0 Å². The summed E-state index contributed by atoms with van der Waals surface area (Å²) in [6.45, 7) is 0. The minimum Gasteiger partial charge on any atom is -0.252 e. The Morgan fingerprint density at radius 1 is 1.21 bits per heavy atom. The highest BCUT2D eigenvalue weighted by molar-refractivity contribution is 5.30. The first kappa shape index (κ1) is 9.69. The van der Waals surface area contributed by atoms with Crippen LogP contribution in [-0.2, 0) is 12.8 Å². The third-order valence-electron chi connectivity index (χ3n) is 2.79. The Kier molecular flexibility index (Phi) is 2.85. The molecule has 1 aliphatic carbocycles. The van der Waals surface area contributed by atoms with E-state index < -0.39 is 0 Å². The van der Waals surface area contributed by atoms with Gasteiger partial charge >= 0.3 is 0 Å². The van der Waals surface area contributed by atoms with Crippen LogP contribution in [0.3, 0.4) is 0 Å². The molecule has 2 rings (SSSR count). The monoisotopic (exact) mass is 190 g/mol. The molecule has 1 aromatic rings. The number of aryl methyl sites for hydroxylation is 1. The van der Waals surface area contributed by atoms with Gasteiger partial charge in [-0.05, 0) is 30.4 Å². The molecule has 0 spiro atoms. The third-order valence-corrected chi connectivity index (χ3v) is 2.79. The van der Waals surface area contributed by atoms with Crippen LogP contribution in [0.2, 0.25) is 0 Å². The Bertz CT molecular complexity index is 307.